The summed E-state index contributed by atoms with van der Waals surface area (Å²) in [6.07, 6.45) is 3.74. The highest BCUT2D eigenvalue weighted by molar-refractivity contribution is 6.31. The second-order valence-corrected chi connectivity index (χ2v) is 5.31. The van der Waals surface area contributed by atoms with Crippen molar-refractivity contribution >= 4 is 17.5 Å². The monoisotopic (exact) mass is 307 g/mol. The molecule has 112 valence electrons. The number of rotatable bonds is 6. The summed E-state index contributed by atoms with van der Waals surface area (Å²) in [6.45, 7) is 2.41. The molecule has 2 N–H and O–H groups in total. The van der Waals surface area contributed by atoms with E-state index in [0.717, 1.165) is 5.56 Å². The predicted octanol–water partition coefficient (Wildman–Crippen LogP) is 2.09. The van der Waals surface area contributed by atoms with Gasteiger partial charge in [0.25, 0.3) is 5.91 Å². The molecule has 0 aliphatic rings. The van der Waals surface area contributed by atoms with Crippen LogP contribution in [0.1, 0.15) is 29.3 Å². The van der Waals surface area contributed by atoms with Gasteiger partial charge in [0, 0.05) is 23.9 Å². The van der Waals surface area contributed by atoms with Gasteiger partial charge in [-0.2, -0.15) is 5.10 Å². The van der Waals surface area contributed by atoms with Crippen LogP contribution in [0.3, 0.4) is 0 Å². The van der Waals surface area contributed by atoms with E-state index < -0.39 is 0 Å². The van der Waals surface area contributed by atoms with Crippen LogP contribution in [-0.4, -0.2) is 33.4 Å². The number of halogens is 1. The van der Waals surface area contributed by atoms with E-state index in [2.05, 4.69) is 10.4 Å². The third-order valence-electron chi connectivity index (χ3n) is 3.13. The Balaban J connectivity index is 2.01. The summed E-state index contributed by atoms with van der Waals surface area (Å²) < 4.78 is 1.67. The second-order valence-electron chi connectivity index (χ2n) is 4.90. The highest BCUT2D eigenvalue weighted by atomic mass is 35.5. The number of nitrogens with one attached hydrogen (secondary N) is 1. The van der Waals surface area contributed by atoms with Gasteiger partial charge in [0.15, 0.2) is 0 Å². The molecule has 1 unspecified atom stereocenters. The molecule has 0 saturated carbocycles. The summed E-state index contributed by atoms with van der Waals surface area (Å²) in [7, 11) is 0. The fourth-order valence-electron chi connectivity index (χ4n) is 1.94. The van der Waals surface area contributed by atoms with Gasteiger partial charge in [-0.3, -0.25) is 9.48 Å². The first-order valence-electron chi connectivity index (χ1n) is 6.77. The molecule has 0 aliphatic carbocycles. The third kappa shape index (κ3) is 4.31. The van der Waals surface area contributed by atoms with Crippen molar-refractivity contribution in [1.29, 1.82) is 0 Å². The van der Waals surface area contributed by atoms with Gasteiger partial charge in [-0.05, 0) is 25.0 Å². The van der Waals surface area contributed by atoms with Crippen molar-refractivity contribution in [3.63, 3.8) is 0 Å². The SMILES string of the molecule is CC(CCO)NC(=O)c1cnn(Cc2ccccc2Cl)c1. The van der Waals surface area contributed by atoms with Gasteiger partial charge in [0.05, 0.1) is 18.3 Å². The van der Waals surface area contributed by atoms with Gasteiger partial charge < -0.3 is 10.4 Å². The van der Waals surface area contributed by atoms with Crippen LogP contribution in [0.4, 0.5) is 0 Å². The van der Waals surface area contributed by atoms with Crippen molar-refractivity contribution in [1.82, 2.24) is 15.1 Å². The van der Waals surface area contributed by atoms with E-state index in [1.165, 1.54) is 6.20 Å². The molecule has 5 nitrogen and oxygen atoms in total. The lowest BCUT2D eigenvalue weighted by atomic mass is 10.2. The molecule has 21 heavy (non-hydrogen) atoms. The Morgan fingerprint density at radius 1 is 1.48 bits per heavy atom. The lowest BCUT2D eigenvalue weighted by Gasteiger charge is -2.10. The number of aromatic nitrogens is 2. The Morgan fingerprint density at radius 3 is 2.95 bits per heavy atom. The van der Waals surface area contributed by atoms with E-state index in [9.17, 15) is 4.79 Å². The average Bonchev–Trinajstić information content (AvgIpc) is 2.90. The van der Waals surface area contributed by atoms with Crippen LogP contribution in [0.5, 0.6) is 0 Å². The minimum Gasteiger partial charge on any atom is -0.396 e. The van der Waals surface area contributed by atoms with Crippen molar-refractivity contribution in [2.24, 2.45) is 0 Å². The standard InChI is InChI=1S/C15H18ClN3O2/c1-11(6-7-20)18-15(21)13-8-17-19(10-13)9-12-4-2-3-5-14(12)16/h2-5,8,10-11,20H,6-7,9H2,1H3,(H,18,21). The summed E-state index contributed by atoms with van der Waals surface area (Å²) in [5, 5.41) is 16.5. The molecule has 0 aliphatic heterocycles. The van der Waals surface area contributed by atoms with E-state index in [1.54, 1.807) is 10.9 Å². The van der Waals surface area contributed by atoms with Crippen molar-refractivity contribution in [2.45, 2.75) is 25.9 Å². The van der Waals surface area contributed by atoms with Crippen LogP contribution in [0, 0.1) is 0 Å². The van der Waals surface area contributed by atoms with Crippen LogP contribution in [0.2, 0.25) is 5.02 Å². The predicted molar refractivity (Wildman–Crippen MR) is 81.4 cm³/mol. The highest BCUT2D eigenvalue weighted by Gasteiger charge is 2.12. The Labute approximate surface area is 128 Å². The summed E-state index contributed by atoms with van der Waals surface area (Å²) in [5.74, 6) is -0.193. The zero-order chi connectivity index (χ0) is 15.2. The molecule has 0 radical (unpaired) electrons. The molecule has 0 spiro atoms. The minimum atomic E-state index is -0.193. The van der Waals surface area contributed by atoms with Crippen molar-refractivity contribution in [3.8, 4) is 0 Å². The average molecular weight is 308 g/mol. The van der Waals surface area contributed by atoms with E-state index in [-0.39, 0.29) is 18.6 Å². The molecular weight excluding hydrogens is 290 g/mol. The van der Waals surface area contributed by atoms with Gasteiger partial charge >= 0.3 is 0 Å². The number of nitrogens with zero attached hydrogens (tertiary/aromatic N) is 2. The number of amides is 1. The molecule has 1 heterocycles. The van der Waals surface area contributed by atoms with Crippen molar-refractivity contribution in [2.75, 3.05) is 6.61 Å². The maximum atomic E-state index is 12.0. The summed E-state index contributed by atoms with van der Waals surface area (Å²) in [6, 6.07) is 7.46. The van der Waals surface area contributed by atoms with Crippen LogP contribution in [-0.2, 0) is 6.54 Å². The van der Waals surface area contributed by atoms with Gasteiger partial charge in [-0.25, -0.2) is 0 Å². The third-order valence-corrected chi connectivity index (χ3v) is 3.49. The summed E-state index contributed by atoms with van der Waals surface area (Å²) in [5.41, 5.74) is 1.44. The normalized spacial score (nSPS) is 12.1. The second kappa shape index (κ2) is 7.24. The topological polar surface area (TPSA) is 67.2 Å². The van der Waals surface area contributed by atoms with Crippen LogP contribution in [0.15, 0.2) is 36.7 Å². The van der Waals surface area contributed by atoms with E-state index in [4.69, 9.17) is 16.7 Å². The van der Waals surface area contributed by atoms with E-state index >= 15 is 0 Å². The number of hydrogen-bond acceptors (Lipinski definition) is 3. The Morgan fingerprint density at radius 2 is 2.24 bits per heavy atom. The van der Waals surface area contributed by atoms with Crippen LogP contribution in [0.25, 0.3) is 0 Å². The Kier molecular flexibility index (Phi) is 5.36. The van der Waals surface area contributed by atoms with Crippen LogP contribution >= 0.6 is 11.6 Å². The Hall–Kier alpha value is -1.85. The molecule has 1 aromatic heterocycles. The minimum absolute atomic E-state index is 0.0488. The van der Waals surface area contributed by atoms with Crippen LogP contribution < -0.4 is 5.32 Å². The first kappa shape index (κ1) is 15.5. The van der Waals surface area contributed by atoms with Crippen molar-refractivity contribution in [3.05, 3.63) is 52.8 Å². The molecule has 6 heteroatoms. The van der Waals surface area contributed by atoms with E-state index in [1.807, 2.05) is 31.2 Å². The molecule has 1 aromatic carbocycles. The number of aliphatic hydroxyl groups is 1. The highest BCUT2D eigenvalue weighted by Crippen LogP contribution is 2.16. The number of carbonyl (C=O) groups excluding carboxylic acids is 1. The Bertz CT molecular complexity index is 612. The number of carbonyl (C=O) groups is 1. The lowest BCUT2D eigenvalue weighted by Crippen LogP contribution is -2.32. The van der Waals surface area contributed by atoms with Crippen molar-refractivity contribution < 1.29 is 9.90 Å². The zero-order valence-corrected chi connectivity index (χ0v) is 12.5. The van der Waals surface area contributed by atoms with Gasteiger partial charge in [-0.15, -0.1) is 0 Å². The fraction of sp³-hybridized carbons (Fsp3) is 0.333. The molecule has 1 atom stereocenters. The maximum Gasteiger partial charge on any atom is 0.254 e. The molecule has 0 fully saturated rings. The summed E-state index contributed by atoms with van der Waals surface area (Å²) in [4.78, 5) is 12.0. The molecule has 0 bridgehead atoms. The fourth-order valence-corrected chi connectivity index (χ4v) is 2.14. The smallest absolute Gasteiger partial charge is 0.254 e. The number of hydrogen-bond donors (Lipinski definition) is 2. The van der Waals surface area contributed by atoms with Gasteiger partial charge in [0.1, 0.15) is 0 Å². The van der Waals surface area contributed by atoms with E-state index in [0.29, 0.717) is 23.6 Å². The number of benzene rings is 1. The largest absolute Gasteiger partial charge is 0.396 e. The van der Waals surface area contributed by atoms with Gasteiger partial charge in [-0.1, -0.05) is 29.8 Å². The lowest BCUT2D eigenvalue weighted by molar-refractivity contribution is 0.0934. The first-order chi connectivity index (χ1) is 10.1. The molecule has 2 aromatic rings. The first-order valence-corrected chi connectivity index (χ1v) is 7.15. The quantitative estimate of drug-likeness (QED) is 0.858. The maximum absolute atomic E-state index is 12.0. The molecule has 2 rings (SSSR count). The number of aliphatic hydroxyl groups excluding tert-OH is 1. The summed E-state index contributed by atoms with van der Waals surface area (Å²) >= 11 is 6.10. The molecular formula is C15H18ClN3O2. The van der Waals surface area contributed by atoms with Gasteiger partial charge in [0.2, 0.25) is 0 Å². The molecule has 1 amide bonds. The molecule has 0 saturated heterocycles. The zero-order valence-electron chi connectivity index (χ0n) is 11.8.